The summed E-state index contributed by atoms with van der Waals surface area (Å²) in [5.74, 6) is -0.151. The highest BCUT2D eigenvalue weighted by molar-refractivity contribution is 5.69. The Labute approximate surface area is 126 Å². The molecule has 1 fully saturated rings. The molecule has 1 atom stereocenters. The Hall–Kier alpha value is -1.40. The van der Waals surface area contributed by atoms with E-state index >= 15 is 0 Å². The summed E-state index contributed by atoms with van der Waals surface area (Å²) in [6, 6.07) is 0. The maximum absolute atomic E-state index is 11.3. The first-order chi connectivity index (χ1) is 10.3. The lowest BCUT2D eigenvalue weighted by Crippen LogP contribution is -2.35. The number of ether oxygens (including phenoxy) is 2. The van der Waals surface area contributed by atoms with Crippen LogP contribution >= 0.6 is 0 Å². The molecule has 6 heteroatoms. The van der Waals surface area contributed by atoms with Crippen LogP contribution < -0.4 is 0 Å². The maximum Gasteiger partial charge on any atom is 0.306 e. The normalized spacial score (nSPS) is 18.3. The SMILES string of the molecule is COC(=O)CCN(CCCn1ccnc1)CC1CCCO1. The van der Waals surface area contributed by atoms with Gasteiger partial charge in [0.2, 0.25) is 0 Å². The quantitative estimate of drug-likeness (QED) is 0.643. The Morgan fingerprint density at radius 3 is 3.10 bits per heavy atom. The highest BCUT2D eigenvalue weighted by Gasteiger charge is 2.19. The van der Waals surface area contributed by atoms with Gasteiger partial charge >= 0.3 is 5.97 Å². The van der Waals surface area contributed by atoms with Crippen molar-refractivity contribution in [3.05, 3.63) is 18.7 Å². The molecular formula is C15H25N3O3. The van der Waals surface area contributed by atoms with Gasteiger partial charge in [0, 0.05) is 38.6 Å². The Bertz CT molecular complexity index is 402. The first-order valence-corrected chi connectivity index (χ1v) is 7.64. The number of imidazole rings is 1. The minimum atomic E-state index is -0.151. The van der Waals surface area contributed by atoms with E-state index in [1.165, 1.54) is 7.11 Å². The smallest absolute Gasteiger partial charge is 0.306 e. The first-order valence-electron chi connectivity index (χ1n) is 7.64. The van der Waals surface area contributed by atoms with Crippen molar-refractivity contribution < 1.29 is 14.3 Å². The lowest BCUT2D eigenvalue weighted by molar-refractivity contribution is -0.141. The van der Waals surface area contributed by atoms with Crippen molar-refractivity contribution >= 4 is 5.97 Å². The third kappa shape index (κ3) is 5.85. The van der Waals surface area contributed by atoms with Gasteiger partial charge < -0.3 is 18.9 Å². The van der Waals surface area contributed by atoms with Gasteiger partial charge in [0.1, 0.15) is 0 Å². The van der Waals surface area contributed by atoms with Gasteiger partial charge in [0.25, 0.3) is 0 Å². The summed E-state index contributed by atoms with van der Waals surface area (Å²) in [5.41, 5.74) is 0. The molecule has 0 amide bonds. The van der Waals surface area contributed by atoms with Crippen LogP contribution in [0.2, 0.25) is 0 Å². The van der Waals surface area contributed by atoms with Crippen molar-refractivity contribution in [1.82, 2.24) is 14.5 Å². The summed E-state index contributed by atoms with van der Waals surface area (Å²) in [5, 5.41) is 0. The number of hydrogen-bond donors (Lipinski definition) is 0. The predicted octanol–water partition coefficient (Wildman–Crippen LogP) is 1.32. The summed E-state index contributed by atoms with van der Waals surface area (Å²) in [7, 11) is 1.44. The fourth-order valence-electron chi connectivity index (χ4n) is 2.62. The molecule has 1 unspecified atom stereocenters. The van der Waals surface area contributed by atoms with Crippen LogP contribution in [0.25, 0.3) is 0 Å². The molecule has 0 spiro atoms. The van der Waals surface area contributed by atoms with Gasteiger partial charge in [-0.3, -0.25) is 4.79 Å². The van der Waals surface area contributed by atoms with Crippen LogP contribution in [0.5, 0.6) is 0 Å². The van der Waals surface area contributed by atoms with Crippen LogP contribution in [0, 0.1) is 0 Å². The van der Waals surface area contributed by atoms with Crippen molar-refractivity contribution in [2.75, 3.05) is 33.4 Å². The van der Waals surface area contributed by atoms with Gasteiger partial charge in [-0.1, -0.05) is 0 Å². The van der Waals surface area contributed by atoms with E-state index in [4.69, 9.17) is 9.47 Å². The van der Waals surface area contributed by atoms with E-state index in [2.05, 4.69) is 14.5 Å². The number of esters is 1. The summed E-state index contributed by atoms with van der Waals surface area (Å²) >= 11 is 0. The lowest BCUT2D eigenvalue weighted by Gasteiger charge is -2.24. The van der Waals surface area contributed by atoms with E-state index in [-0.39, 0.29) is 5.97 Å². The number of methoxy groups -OCH3 is 1. The molecule has 0 aliphatic carbocycles. The largest absolute Gasteiger partial charge is 0.469 e. The van der Waals surface area contributed by atoms with E-state index in [0.717, 1.165) is 52.0 Å². The molecule has 6 nitrogen and oxygen atoms in total. The number of aryl methyl sites for hydroxylation is 1. The van der Waals surface area contributed by atoms with Crippen LogP contribution in [-0.4, -0.2) is 59.9 Å². The lowest BCUT2D eigenvalue weighted by atomic mass is 10.2. The Kier molecular flexibility index (Phi) is 6.69. The standard InChI is InChI=1S/C15H25N3O3/c1-20-15(19)5-9-17(12-14-4-2-11-21-14)7-3-8-18-10-6-16-13-18/h6,10,13-14H,2-5,7-9,11-12H2,1H3. The summed E-state index contributed by atoms with van der Waals surface area (Å²) in [4.78, 5) is 17.7. The number of nitrogens with zero attached hydrogens (tertiary/aromatic N) is 3. The first kappa shape index (κ1) is 16.0. The molecule has 118 valence electrons. The highest BCUT2D eigenvalue weighted by Crippen LogP contribution is 2.14. The topological polar surface area (TPSA) is 56.6 Å². The second-order valence-electron chi connectivity index (χ2n) is 5.42. The fourth-order valence-corrected chi connectivity index (χ4v) is 2.62. The molecule has 0 radical (unpaired) electrons. The Morgan fingerprint density at radius 2 is 2.43 bits per heavy atom. The van der Waals surface area contributed by atoms with E-state index in [1.807, 2.05) is 12.5 Å². The van der Waals surface area contributed by atoms with Crippen molar-refractivity contribution in [2.24, 2.45) is 0 Å². The average molecular weight is 295 g/mol. The molecule has 1 aromatic rings. The van der Waals surface area contributed by atoms with E-state index in [9.17, 15) is 4.79 Å². The average Bonchev–Trinajstić information content (AvgIpc) is 3.17. The second-order valence-corrected chi connectivity index (χ2v) is 5.42. The van der Waals surface area contributed by atoms with Crippen LogP contribution in [0.4, 0.5) is 0 Å². The van der Waals surface area contributed by atoms with Gasteiger partial charge in [-0.2, -0.15) is 0 Å². The molecule has 0 aromatic carbocycles. The predicted molar refractivity (Wildman–Crippen MR) is 78.9 cm³/mol. The second kappa shape index (κ2) is 8.79. The monoisotopic (exact) mass is 295 g/mol. The number of rotatable bonds is 9. The maximum atomic E-state index is 11.3. The summed E-state index contributed by atoms with van der Waals surface area (Å²) in [6.07, 6.45) is 9.65. The molecular weight excluding hydrogens is 270 g/mol. The third-order valence-corrected chi connectivity index (χ3v) is 3.80. The third-order valence-electron chi connectivity index (χ3n) is 3.80. The minimum absolute atomic E-state index is 0.151. The number of carbonyl (C=O) groups is 1. The van der Waals surface area contributed by atoms with Crippen LogP contribution in [0.1, 0.15) is 25.7 Å². The van der Waals surface area contributed by atoms with Crippen molar-refractivity contribution in [3.8, 4) is 0 Å². The molecule has 2 heterocycles. The van der Waals surface area contributed by atoms with Crippen LogP contribution in [0.15, 0.2) is 18.7 Å². The Balaban J connectivity index is 1.74. The Morgan fingerprint density at radius 1 is 1.52 bits per heavy atom. The zero-order chi connectivity index (χ0) is 14.9. The van der Waals surface area contributed by atoms with Gasteiger partial charge in [-0.25, -0.2) is 4.98 Å². The van der Waals surface area contributed by atoms with Gasteiger partial charge in [0.15, 0.2) is 0 Å². The van der Waals surface area contributed by atoms with E-state index in [0.29, 0.717) is 12.5 Å². The number of aromatic nitrogens is 2. The highest BCUT2D eigenvalue weighted by atomic mass is 16.5. The van der Waals surface area contributed by atoms with Crippen molar-refractivity contribution in [2.45, 2.75) is 38.3 Å². The molecule has 1 aliphatic heterocycles. The zero-order valence-corrected chi connectivity index (χ0v) is 12.7. The van der Waals surface area contributed by atoms with Gasteiger partial charge in [-0.15, -0.1) is 0 Å². The molecule has 0 saturated carbocycles. The van der Waals surface area contributed by atoms with Crippen molar-refractivity contribution in [1.29, 1.82) is 0 Å². The van der Waals surface area contributed by atoms with Gasteiger partial charge in [0.05, 0.1) is 26.0 Å². The molecule has 2 rings (SSSR count). The summed E-state index contributed by atoms with van der Waals surface area (Å²) < 4.78 is 12.5. The van der Waals surface area contributed by atoms with E-state index < -0.39 is 0 Å². The van der Waals surface area contributed by atoms with Crippen LogP contribution in [0.3, 0.4) is 0 Å². The molecule has 0 bridgehead atoms. The number of hydrogen-bond acceptors (Lipinski definition) is 5. The van der Waals surface area contributed by atoms with Gasteiger partial charge in [-0.05, 0) is 25.8 Å². The molecule has 1 saturated heterocycles. The van der Waals surface area contributed by atoms with Crippen molar-refractivity contribution in [3.63, 3.8) is 0 Å². The van der Waals surface area contributed by atoms with Crippen LogP contribution in [-0.2, 0) is 20.8 Å². The molecule has 1 aliphatic rings. The number of carbonyl (C=O) groups excluding carboxylic acids is 1. The zero-order valence-electron chi connectivity index (χ0n) is 12.7. The van der Waals surface area contributed by atoms with E-state index in [1.54, 1.807) is 6.20 Å². The summed E-state index contributed by atoms with van der Waals surface area (Å²) in [6.45, 7) is 4.40. The fraction of sp³-hybridized carbons (Fsp3) is 0.733. The molecule has 21 heavy (non-hydrogen) atoms. The minimum Gasteiger partial charge on any atom is -0.469 e. The molecule has 1 aromatic heterocycles. The molecule has 0 N–H and O–H groups in total.